The van der Waals surface area contributed by atoms with Crippen LogP contribution >= 0.6 is 0 Å². The summed E-state index contributed by atoms with van der Waals surface area (Å²) < 4.78 is 0. The molecule has 18 heavy (non-hydrogen) atoms. The minimum atomic E-state index is 0.209. The molecule has 0 aromatic carbocycles. The van der Waals surface area contributed by atoms with Crippen LogP contribution in [0.1, 0.15) is 42.4 Å². The first-order valence-corrected chi connectivity index (χ1v) is 6.83. The molecule has 4 nitrogen and oxygen atoms in total. The summed E-state index contributed by atoms with van der Waals surface area (Å²) in [5.41, 5.74) is 2.25. The summed E-state index contributed by atoms with van der Waals surface area (Å²) in [6.45, 7) is 4.54. The highest BCUT2D eigenvalue weighted by atomic mass is 16.2. The predicted molar refractivity (Wildman–Crippen MR) is 71.6 cm³/mol. The molecule has 4 heteroatoms. The van der Waals surface area contributed by atoms with Crippen LogP contribution in [0.4, 0.5) is 0 Å². The first-order chi connectivity index (χ1) is 8.69. The van der Waals surface area contributed by atoms with Crippen LogP contribution in [-0.4, -0.2) is 46.7 Å². The van der Waals surface area contributed by atoms with Crippen molar-refractivity contribution < 1.29 is 5.11 Å². The zero-order valence-corrected chi connectivity index (χ0v) is 11.4. The van der Waals surface area contributed by atoms with Crippen LogP contribution in [0.2, 0.25) is 0 Å². The van der Waals surface area contributed by atoms with E-state index in [2.05, 4.69) is 28.0 Å². The Hall–Kier alpha value is -1.00. The number of nitrogens with zero attached hydrogens (tertiary/aromatic N) is 3. The fourth-order valence-corrected chi connectivity index (χ4v) is 2.52. The van der Waals surface area contributed by atoms with E-state index in [4.69, 9.17) is 5.11 Å². The maximum Gasteiger partial charge on any atom is 0.128 e. The van der Waals surface area contributed by atoms with Crippen LogP contribution < -0.4 is 0 Å². The van der Waals surface area contributed by atoms with Gasteiger partial charge >= 0.3 is 0 Å². The molecule has 1 aromatic rings. The molecule has 1 aromatic heterocycles. The largest absolute Gasteiger partial charge is 0.396 e. The van der Waals surface area contributed by atoms with Gasteiger partial charge in [-0.25, -0.2) is 9.97 Å². The Bertz CT molecular complexity index is 387. The molecule has 0 unspecified atom stereocenters. The van der Waals surface area contributed by atoms with Crippen LogP contribution in [0, 0.1) is 6.92 Å². The predicted octanol–water partition coefficient (Wildman–Crippen LogP) is 1.52. The third kappa shape index (κ3) is 3.50. The van der Waals surface area contributed by atoms with Crippen molar-refractivity contribution in [3.63, 3.8) is 0 Å². The number of likely N-dealkylation sites (tertiary alicyclic amines) is 1. The van der Waals surface area contributed by atoms with Crippen LogP contribution in [0.3, 0.4) is 0 Å². The van der Waals surface area contributed by atoms with Gasteiger partial charge in [0.2, 0.25) is 0 Å². The lowest BCUT2D eigenvalue weighted by Gasteiger charge is -2.28. The Morgan fingerprint density at radius 1 is 1.33 bits per heavy atom. The first kappa shape index (κ1) is 13.4. The second-order valence-corrected chi connectivity index (χ2v) is 5.26. The molecule has 100 valence electrons. The Kier molecular flexibility index (Phi) is 4.66. The molecule has 2 rings (SSSR count). The molecule has 0 amide bonds. The number of hydrogen-bond donors (Lipinski definition) is 1. The number of rotatable bonds is 4. The van der Waals surface area contributed by atoms with Crippen LogP contribution in [0.15, 0.2) is 6.07 Å². The van der Waals surface area contributed by atoms with Gasteiger partial charge in [0.15, 0.2) is 0 Å². The molecule has 0 saturated carbocycles. The highest BCUT2D eigenvalue weighted by Crippen LogP contribution is 2.26. The lowest BCUT2D eigenvalue weighted by atomic mass is 9.93. The minimum Gasteiger partial charge on any atom is -0.396 e. The zero-order chi connectivity index (χ0) is 13.0. The third-order valence-electron chi connectivity index (χ3n) is 3.62. The van der Waals surface area contributed by atoms with Crippen molar-refractivity contribution in [2.24, 2.45) is 0 Å². The van der Waals surface area contributed by atoms with Gasteiger partial charge in [0, 0.05) is 30.3 Å². The molecule has 0 radical (unpaired) electrons. The number of piperidine rings is 1. The van der Waals surface area contributed by atoms with Crippen molar-refractivity contribution in [1.29, 1.82) is 0 Å². The fraction of sp³-hybridized carbons (Fsp3) is 0.714. The summed E-state index contributed by atoms with van der Waals surface area (Å²) >= 11 is 0. The standard InChI is InChI=1S/C14H23N3O/c1-11-10-13(12-5-7-17(2)8-6-12)16-14(15-11)4-3-9-18/h10,12,18H,3-9H2,1-2H3. The van der Waals surface area contributed by atoms with E-state index in [0.29, 0.717) is 5.92 Å². The van der Waals surface area contributed by atoms with E-state index in [1.54, 1.807) is 0 Å². The van der Waals surface area contributed by atoms with Crippen molar-refractivity contribution in [2.45, 2.75) is 38.5 Å². The first-order valence-electron chi connectivity index (χ1n) is 6.83. The van der Waals surface area contributed by atoms with Gasteiger partial charge in [0.25, 0.3) is 0 Å². The number of aliphatic hydroxyl groups is 1. The average molecular weight is 249 g/mol. The Labute approximate surface area is 109 Å². The number of aryl methyl sites for hydroxylation is 2. The normalized spacial score (nSPS) is 18.2. The summed E-state index contributed by atoms with van der Waals surface area (Å²) in [5, 5.41) is 8.88. The van der Waals surface area contributed by atoms with Crippen molar-refractivity contribution in [1.82, 2.24) is 14.9 Å². The van der Waals surface area contributed by atoms with Crippen LogP contribution in [-0.2, 0) is 6.42 Å². The van der Waals surface area contributed by atoms with Crippen molar-refractivity contribution >= 4 is 0 Å². The second-order valence-electron chi connectivity index (χ2n) is 5.26. The molecule has 0 aliphatic carbocycles. The SMILES string of the molecule is Cc1cc(C2CCN(C)CC2)nc(CCCO)n1. The molecule has 2 heterocycles. The van der Waals surface area contributed by atoms with E-state index in [1.807, 2.05) is 6.92 Å². The van der Waals surface area contributed by atoms with Gasteiger partial charge in [-0.1, -0.05) is 0 Å². The van der Waals surface area contributed by atoms with E-state index in [1.165, 1.54) is 18.5 Å². The topological polar surface area (TPSA) is 49.2 Å². The number of hydrogen-bond acceptors (Lipinski definition) is 4. The Balaban J connectivity index is 2.09. The van der Waals surface area contributed by atoms with Crippen molar-refractivity contribution in [2.75, 3.05) is 26.7 Å². The zero-order valence-electron chi connectivity index (χ0n) is 11.4. The lowest BCUT2D eigenvalue weighted by Crippen LogP contribution is -2.29. The summed E-state index contributed by atoms with van der Waals surface area (Å²) in [6.07, 6.45) is 3.90. The summed E-state index contributed by atoms with van der Waals surface area (Å²) in [5.74, 6) is 1.47. The smallest absolute Gasteiger partial charge is 0.128 e. The highest BCUT2D eigenvalue weighted by Gasteiger charge is 2.20. The van der Waals surface area contributed by atoms with Gasteiger partial charge in [0.1, 0.15) is 5.82 Å². The molecule has 1 saturated heterocycles. The molecule has 0 atom stereocenters. The van der Waals surface area contributed by atoms with Gasteiger partial charge in [-0.2, -0.15) is 0 Å². The number of aromatic nitrogens is 2. The van der Waals surface area contributed by atoms with Gasteiger partial charge in [-0.05, 0) is 52.4 Å². The van der Waals surface area contributed by atoms with E-state index in [-0.39, 0.29) is 6.61 Å². The van der Waals surface area contributed by atoms with Crippen molar-refractivity contribution in [3.05, 3.63) is 23.3 Å². The summed E-state index contributed by atoms with van der Waals surface area (Å²) in [7, 11) is 2.17. The van der Waals surface area contributed by atoms with E-state index in [9.17, 15) is 0 Å². The van der Waals surface area contributed by atoms with Gasteiger partial charge in [-0.3, -0.25) is 0 Å². The molecule has 0 spiro atoms. The minimum absolute atomic E-state index is 0.209. The second kappa shape index (κ2) is 6.25. The van der Waals surface area contributed by atoms with Crippen LogP contribution in [0.5, 0.6) is 0 Å². The monoisotopic (exact) mass is 249 g/mol. The van der Waals surface area contributed by atoms with Crippen LogP contribution in [0.25, 0.3) is 0 Å². The molecule has 1 aliphatic rings. The van der Waals surface area contributed by atoms with E-state index < -0.39 is 0 Å². The highest BCUT2D eigenvalue weighted by molar-refractivity contribution is 5.15. The fourth-order valence-electron chi connectivity index (χ4n) is 2.52. The van der Waals surface area contributed by atoms with E-state index >= 15 is 0 Å². The maximum atomic E-state index is 8.88. The molecular formula is C14H23N3O. The quantitative estimate of drug-likeness (QED) is 0.879. The van der Waals surface area contributed by atoms with Gasteiger partial charge < -0.3 is 10.0 Å². The number of aliphatic hydroxyl groups excluding tert-OH is 1. The average Bonchev–Trinajstić information content (AvgIpc) is 2.36. The molecular weight excluding hydrogens is 226 g/mol. The molecule has 0 bridgehead atoms. The lowest BCUT2D eigenvalue weighted by molar-refractivity contribution is 0.253. The molecule has 1 fully saturated rings. The van der Waals surface area contributed by atoms with Gasteiger partial charge in [-0.15, -0.1) is 0 Å². The molecule has 1 aliphatic heterocycles. The Morgan fingerprint density at radius 2 is 2.06 bits per heavy atom. The molecule has 1 N–H and O–H groups in total. The third-order valence-corrected chi connectivity index (χ3v) is 3.62. The maximum absolute atomic E-state index is 8.88. The summed E-state index contributed by atoms with van der Waals surface area (Å²) in [6, 6.07) is 2.12. The Morgan fingerprint density at radius 3 is 2.72 bits per heavy atom. The van der Waals surface area contributed by atoms with Crippen molar-refractivity contribution in [3.8, 4) is 0 Å². The van der Waals surface area contributed by atoms with E-state index in [0.717, 1.165) is 37.4 Å². The van der Waals surface area contributed by atoms with Gasteiger partial charge in [0.05, 0.1) is 0 Å². The summed E-state index contributed by atoms with van der Waals surface area (Å²) in [4.78, 5) is 11.5.